The van der Waals surface area contributed by atoms with Crippen molar-refractivity contribution in [3.05, 3.63) is 51.5 Å². The Bertz CT molecular complexity index is 713. The molecule has 1 fully saturated rings. The van der Waals surface area contributed by atoms with Crippen LogP contribution in [-0.2, 0) is 24.2 Å². The largest absolute Gasteiger partial charge is 0.355 e. The summed E-state index contributed by atoms with van der Waals surface area (Å²) in [4.78, 5) is 20.2. The van der Waals surface area contributed by atoms with Gasteiger partial charge in [-0.05, 0) is 30.7 Å². The minimum absolute atomic E-state index is 0.168. The molecule has 126 valence electrons. The third-order valence-electron chi connectivity index (χ3n) is 5.02. The number of carbonyl (C=O) groups is 1. The number of benzene rings is 1. The summed E-state index contributed by atoms with van der Waals surface area (Å²) in [5, 5.41) is 4.15. The zero-order valence-corrected chi connectivity index (χ0v) is 14.6. The molecule has 2 aliphatic rings. The first-order chi connectivity index (χ1) is 11.8. The molecule has 0 radical (unpaired) electrons. The molecular weight excluding hydrogens is 318 g/mol. The Balaban J connectivity index is 1.44. The van der Waals surface area contributed by atoms with Crippen LogP contribution in [0, 0.1) is 0 Å². The third-order valence-corrected chi connectivity index (χ3v) is 6.12. The number of nitrogens with zero attached hydrogens (tertiary/aromatic N) is 2. The second kappa shape index (κ2) is 7.03. The highest BCUT2D eigenvalue weighted by atomic mass is 32.1. The average molecular weight is 341 g/mol. The molecule has 0 saturated carbocycles. The Hall–Kier alpha value is -1.72. The Kier molecular flexibility index (Phi) is 4.63. The van der Waals surface area contributed by atoms with Crippen LogP contribution in [0.1, 0.15) is 39.9 Å². The quantitative estimate of drug-likeness (QED) is 0.934. The van der Waals surface area contributed by atoms with Crippen LogP contribution < -0.4 is 5.32 Å². The maximum atomic E-state index is 11.5. The van der Waals surface area contributed by atoms with Gasteiger partial charge in [0, 0.05) is 30.9 Å². The number of hydrogen-bond donors (Lipinski definition) is 1. The van der Waals surface area contributed by atoms with E-state index in [0.29, 0.717) is 12.3 Å². The number of nitrogens with one attached hydrogen (secondary N) is 1. The van der Waals surface area contributed by atoms with Gasteiger partial charge < -0.3 is 5.32 Å². The molecule has 4 rings (SSSR count). The normalized spacial score (nSPS) is 21.8. The van der Waals surface area contributed by atoms with Crippen LogP contribution in [0.25, 0.3) is 0 Å². The van der Waals surface area contributed by atoms with Crippen molar-refractivity contribution in [3.63, 3.8) is 0 Å². The van der Waals surface area contributed by atoms with Crippen LogP contribution in [-0.4, -0.2) is 35.4 Å². The van der Waals surface area contributed by atoms with Crippen LogP contribution in [0.3, 0.4) is 0 Å². The van der Waals surface area contributed by atoms with E-state index in [-0.39, 0.29) is 5.91 Å². The standard InChI is InChI=1S/C19H23N3OS/c23-18-8-10-22(11-9-20-18)13-19-21-16-7-6-15(12-17(16)24-19)14-4-2-1-3-5-14/h1-5,15H,6-13H2,(H,20,23)/t15-/m1/s1. The number of thiazole rings is 1. The summed E-state index contributed by atoms with van der Waals surface area (Å²) in [7, 11) is 0. The summed E-state index contributed by atoms with van der Waals surface area (Å²) in [6.07, 6.45) is 4.01. The zero-order valence-electron chi connectivity index (χ0n) is 13.8. The lowest BCUT2D eigenvalue weighted by molar-refractivity contribution is -0.120. The van der Waals surface area contributed by atoms with E-state index in [9.17, 15) is 4.79 Å². The lowest BCUT2D eigenvalue weighted by atomic mass is 9.85. The van der Waals surface area contributed by atoms with E-state index < -0.39 is 0 Å². The number of aryl methyl sites for hydroxylation is 1. The maximum absolute atomic E-state index is 11.5. The van der Waals surface area contributed by atoms with E-state index in [1.54, 1.807) is 0 Å². The molecule has 0 spiro atoms. The Morgan fingerprint density at radius 3 is 2.96 bits per heavy atom. The summed E-state index contributed by atoms with van der Waals surface area (Å²) in [5.74, 6) is 0.800. The molecule has 1 aromatic heterocycles. The van der Waals surface area contributed by atoms with Gasteiger partial charge in [-0.25, -0.2) is 4.98 Å². The second-order valence-electron chi connectivity index (χ2n) is 6.70. The van der Waals surface area contributed by atoms with Crippen LogP contribution in [0.5, 0.6) is 0 Å². The van der Waals surface area contributed by atoms with Gasteiger partial charge in [0.05, 0.1) is 12.2 Å². The Morgan fingerprint density at radius 1 is 1.21 bits per heavy atom. The van der Waals surface area contributed by atoms with Crippen LogP contribution >= 0.6 is 11.3 Å². The summed E-state index contributed by atoms with van der Waals surface area (Å²) in [6, 6.07) is 10.9. The number of carbonyl (C=O) groups excluding carboxylic acids is 1. The van der Waals surface area contributed by atoms with Crippen molar-refractivity contribution < 1.29 is 4.79 Å². The zero-order chi connectivity index (χ0) is 16.4. The van der Waals surface area contributed by atoms with Crippen molar-refractivity contribution >= 4 is 17.2 Å². The van der Waals surface area contributed by atoms with E-state index >= 15 is 0 Å². The minimum Gasteiger partial charge on any atom is -0.355 e. The van der Waals surface area contributed by atoms with Crippen molar-refractivity contribution in [3.8, 4) is 0 Å². The molecule has 1 aliphatic carbocycles. The van der Waals surface area contributed by atoms with Crippen LogP contribution in [0.15, 0.2) is 30.3 Å². The van der Waals surface area contributed by atoms with Gasteiger partial charge in [0.25, 0.3) is 0 Å². The molecule has 0 unspecified atom stereocenters. The molecule has 1 aliphatic heterocycles. The molecule has 4 nitrogen and oxygen atoms in total. The highest BCUT2D eigenvalue weighted by Crippen LogP contribution is 2.35. The molecule has 1 atom stereocenters. The molecule has 2 aromatic rings. The molecule has 1 amide bonds. The van der Waals surface area contributed by atoms with Crippen molar-refractivity contribution in [2.45, 2.75) is 38.1 Å². The average Bonchev–Trinajstić information content (AvgIpc) is 2.90. The molecule has 0 bridgehead atoms. The lowest BCUT2D eigenvalue weighted by Crippen LogP contribution is -2.28. The van der Waals surface area contributed by atoms with Gasteiger partial charge in [0.15, 0.2) is 0 Å². The minimum atomic E-state index is 0.168. The predicted molar refractivity (Wildman–Crippen MR) is 96.2 cm³/mol. The Morgan fingerprint density at radius 2 is 2.08 bits per heavy atom. The SMILES string of the molecule is O=C1CCN(Cc2nc3c(s2)C[C@H](c2ccccc2)CC3)CCN1. The van der Waals surface area contributed by atoms with Gasteiger partial charge in [-0.3, -0.25) is 9.69 Å². The van der Waals surface area contributed by atoms with Gasteiger partial charge >= 0.3 is 0 Å². The van der Waals surface area contributed by atoms with E-state index in [1.165, 1.54) is 27.6 Å². The molecule has 24 heavy (non-hydrogen) atoms. The highest BCUT2D eigenvalue weighted by molar-refractivity contribution is 7.11. The maximum Gasteiger partial charge on any atom is 0.221 e. The fraction of sp³-hybridized carbons (Fsp3) is 0.474. The van der Waals surface area contributed by atoms with E-state index in [4.69, 9.17) is 4.98 Å². The Labute approximate surface area is 146 Å². The first kappa shape index (κ1) is 15.8. The van der Waals surface area contributed by atoms with Crippen LogP contribution in [0.2, 0.25) is 0 Å². The molecule has 1 aromatic carbocycles. The van der Waals surface area contributed by atoms with Gasteiger partial charge in [-0.15, -0.1) is 11.3 Å². The van der Waals surface area contributed by atoms with Gasteiger partial charge in [-0.1, -0.05) is 30.3 Å². The molecule has 1 N–H and O–H groups in total. The van der Waals surface area contributed by atoms with Crippen molar-refractivity contribution in [2.24, 2.45) is 0 Å². The topological polar surface area (TPSA) is 45.2 Å². The number of hydrogen-bond acceptors (Lipinski definition) is 4. The van der Waals surface area contributed by atoms with Gasteiger partial charge in [-0.2, -0.15) is 0 Å². The number of fused-ring (bicyclic) bond motifs is 1. The number of aromatic nitrogens is 1. The fourth-order valence-electron chi connectivity index (χ4n) is 3.67. The number of amides is 1. The van der Waals surface area contributed by atoms with E-state index in [1.807, 2.05) is 11.3 Å². The molecule has 1 saturated heterocycles. The van der Waals surface area contributed by atoms with E-state index in [2.05, 4.69) is 40.5 Å². The highest BCUT2D eigenvalue weighted by Gasteiger charge is 2.24. The van der Waals surface area contributed by atoms with Crippen molar-refractivity contribution in [2.75, 3.05) is 19.6 Å². The summed E-state index contributed by atoms with van der Waals surface area (Å²) in [6.45, 7) is 3.38. The summed E-state index contributed by atoms with van der Waals surface area (Å²) < 4.78 is 0. The molecular formula is C19H23N3OS. The summed E-state index contributed by atoms with van der Waals surface area (Å²) in [5.41, 5.74) is 2.77. The van der Waals surface area contributed by atoms with Gasteiger partial charge in [0.2, 0.25) is 5.91 Å². The summed E-state index contributed by atoms with van der Waals surface area (Å²) >= 11 is 1.88. The van der Waals surface area contributed by atoms with Crippen molar-refractivity contribution in [1.29, 1.82) is 0 Å². The second-order valence-corrected chi connectivity index (χ2v) is 7.87. The van der Waals surface area contributed by atoms with E-state index in [0.717, 1.165) is 39.0 Å². The third kappa shape index (κ3) is 3.52. The molecule has 5 heteroatoms. The van der Waals surface area contributed by atoms with Crippen LogP contribution in [0.4, 0.5) is 0 Å². The lowest BCUT2D eigenvalue weighted by Gasteiger charge is -2.21. The first-order valence-electron chi connectivity index (χ1n) is 8.79. The predicted octanol–water partition coefficient (Wildman–Crippen LogP) is 2.74. The van der Waals surface area contributed by atoms with Crippen molar-refractivity contribution in [1.82, 2.24) is 15.2 Å². The van der Waals surface area contributed by atoms with Gasteiger partial charge in [0.1, 0.15) is 5.01 Å². The molecule has 2 heterocycles. The fourth-order valence-corrected chi connectivity index (χ4v) is 4.91. The number of rotatable bonds is 3. The first-order valence-corrected chi connectivity index (χ1v) is 9.61. The smallest absolute Gasteiger partial charge is 0.221 e. The monoisotopic (exact) mass is 341 g/mol.